The first-order chi connectivity index (χ1) is 15.4. The second-order valence-electron chi connectivity index (χ2n) is 9.25. The minimum Gasteiger partial charge on any atom is -0.466 e. The second-order valence-corrected chi connectivity index (χ2v) is 10.1. The number of halogens is 2. The molecule has 4 nitrogen and oxygen atoms in total. The van der Waals surface area contributed by atoms with Crippen LogP contribution in [0.25, 0.3) is 10.8 Å². The molecule has 1 amide bonds. The summed E-state index contributed by atoms with van der Waals surface area (Å²) in [6, 6.07) is 19.0. The summed E-state index contributed by atoms with van der Waals surface area (Å²) in [5, 5.41) is 6.83. The number of carbonyl (C=O) groups is 1. The van der Waals surface area contributed by atoms with Crippen LogP contribution in [-0.4, -0.2) is 29.6 Å². The molecule has 4 atom stereocenters. The number of amides is 1. The van der Waals surface area contributed by atoms with Crippen LogP contribution in [0.1, 0.15) is 42.9 Å². The molecule has 1 unspecified atom stereocenters. The van der Waals surface area contributed by atoms with Gasteiger partial charge in [0.25, 0.3) is 0 Å². The number of carbonyl (C=O) groups excluding carboxylic acids is 1. The van der Waals surface area contributed by atoms with Gasteiger partial charge in [0, 0.05) is 54.4 Å². The van der Waals surface area contributed by atoms with Gasteiger partial charge in [0.15, 0.2) is 5.72 Å². The minimum atomic E-state index is -0.709. The number of piperidine rings is 2. The van der Waals surface area contributed by atoms with E-state index < -0.39 is 5.72 Å². The summed E-state index contributed by atoms with van der Waals surface area (Å²) < 4.78 is 6.51. The lowest BCUT2D eigenvalue weighted by Gasteiger charge is -2.56. The van der Waals surface area contributed by atoms with E-state index in [0.29, 0.717) is 28.6 Å². The van der Waals surface area contributed by atoms with Gasteiger partial charge in [-0.05, 0) is 35.4 Å². The summed E-state index contributed by atoms with van der Waals surface area (Å²) >= 11 is 12.8. The molecule has 2 saturated heterocycles. The fourth-order valence-corrected chi connectivity index (χ4v) is 6.56. The van der Waals surface area contributed by atoms with Crippen LogP contribution < -0.4 is 10.1 Å². The second kappa shape index (κ2) is 7.38. The van der Waals surface area contributed by atoms with Crippen molar-refractivity contribution in [3.05, 3.63) is 75.8 Å². The predicted octanol–water partition coefficient (Wildman–Crippen LogP) is 5.92. The van der Waals surface area contributed by atoms with Crippen molar-refractivity contribution in [2.45, 2.75) is 37.5 Å². The number of likely N-dealkylation sites (tertiary alicyclic amines) is 1. The van der Waals surface area contributed by atoms with Gasteiger partial charge in [0.1, 0.15) is 5.75 Å². The van der Waals surface area contributed by atoms with Crippen LogP contribution in [0.2, 0.25) is 10.0 Å². The van der Waals surface area contributed by atoms with Crippen molar-refractivity contribution in [1.82, 2.24) is 10.2 Å². The van der Waals surface area contributed by atoms with Crippen LogP contribution in [0.3, 0.4) is 0 Å². The summed E-state index contributed by atoms with van der Waals surface area (Å²) in [5.41, 5.74) is 1.58. The predicted molar refractivity (Wildman–Crippen MR) is 127 cm³/mol. The lowest BCUT2D eigenvalue weighted by Crippen LogP contribution is -2.70. The van der Waals surface area contributed by atoms with Crippen LogP contribution in [-0.2, 0) is 4.79 Å². The first-order valence-corrected chi connectivity index (χ1v) is 11.9. The maximum atomic E-state index is 12.6. The van der Waals surface area contributed by atoms with Crippen LogP contribution >= 0.6 is 23.2 Å². The zero-order valence-electron chi connectivity index (χ0n) is 17.8. The van der Waals surface area contributed by atoms with E-state index in [-0.39, 0.29) is 23.8 Å². The van der Waals surface area contributed by atoms with Crippen molar-refractivity contribution in [3.63, 3.8) is 0 Å². The molecule has 3 aromatic carbocycles. The molecule has 3 aliphatic rings. The largest absolute Gasteiger partial charge is 0.466 e. The average molecular weight is 467 g/mol. The number of nitrogens with zero attached hydrogens (tertiary/aromatic N) is 1. The Hall–Kier alpha value is -2.27. The number of benzene rings is 3. The van der Waals surface area contributed by atoms with Crippen molar-refractivity contribution in [1.29, 1.82) is 0 Å². The maximum Gasteiger partial charge on any atom is 0.223 e. The number of nitrogens with one attached hydrogen (secondary N) is 1. The monoisotopic (exact) mass is 466 g/mol. The summed E-state index contributed by atoms with van der Waals surface area (Å²) in [6.45, 7) is 3.94. The first kappa shape index (κ1) is 20.3. The molecule has 3 aromatic rings. The zero-order chi connectivity index (χ0) is 22.0. The third-order valence-electron chi connectivity index (χ3n) is 7.58. The molecule has 0 aromatic heterocycles. The molecular weight excluding hydrogens is 443 g/mol. The zero-order valence-corrected chi connectivity index (χ0v) is 19.3. The number of rotatable bonds is 2. The Morgan fingerprint density at radius 3 is 2.84 bits per heavy atom. The van der Waals surface area contributed by atoms with Gasteiger partial charge >= 0.3 is 0 Å². The van der Waals surface area contributed by atoms with Crippen LogP contribution in [0.15, 0.2) is 54.6 Å². The Bertz CT molecular complexity index is 1240. The summed E-state index contributed by atoms with van der Waals surface area (Å²) in [6.07, 6.45) is 1.14. The molecule has 3 aliphatic heterocycles. The van der Waals surface area contributed by atoms with Gasteiger partial charge in [0.2, 0.25) is 5.91 Å². The number of hydrogen-bond donors (Lipinski definition) is 1. The molecule has 3 heterocycles. The third kappa shape index (κ3) is 3.04. The molecule has 32 heavy (non-hydrogen) atoms. The highest BCUT2D eigenvalue weighted by Crippen LogP contribution is 2.54. The molecule has 0 spiro atoms. The van der Waals surface area contributed by atoms with E-state index in [4.69, 9.17) is 27.9 Å². The number of fused-ring (bicyclic) bond motifs is 3. The Morgan fingerprint density at radius 2 is 1.97 bits per heavy atom. The molecule has 6 rings (SSSR count). The van der Waals surface area contributed by atoms with Crippen LogP contribution in [0, 0.1) is 5.92 Å². The van der Waals surface area contributed by atoms with E-state index in [9.17, 15) is 4.79 Å². The number of ether oxygens (including phenoxy) is 1. The highest BCUT2D eigenvalue weighted by molar-refractivity contribution is 6.35. The molecule has 0 radical (unpaired) electrons. The van der Waals surface area contributed by atoms with Crippen molar-refractivity contribution < 1.29 is 9.53 Å². The minimum absolute atomic E-state index is 0.0311. The Kier molecular flexibility index (Phi) is 4.69. The maximum absolute atomic E-state index is 12.6. The van der Waals surface area contributed by atoms with E-state index in [2.05, 4.69) is 59.6 Å². The normalized spacial score (nSPS) is 27.8. The van der Waals surface area contributed by atoms with Crippen molar-refractivity contribution >= 4 is 39.9 Å². The Morgan fingerprint density at radius 1 is 1.16 bits per heavy atom. The Balaban J connectivity index is 1.38. The highest BCUT2D eigenvalue weighted by atomic mass is 35.5. The SMILES string of the molecule is CC(c1cccc2ccccc12)N1CC[C@@]23NC(=O)C[C@@H](c4cc(Cl)cc(Cl)c4O2)[C@H]3C1. The third-order valence-corrected chi connectivity index (χ3v) is 8.08. The molecule has 1 N–H and O–H groups in total. The van der Waals surface area contributed by atoms with Gasteiger partial charge in [-0.3, -0.25) is 9.69 Å². The molecule has 2 bridgehead atoms. The van der Waals surface area contributed by atoms with E-state index in [0.717, 1.165) is 18.7 Å². The average Bonchev–Trinajstić information content (AvgIpc) is 2.78. The molecule has 0 saturated carbocycles. The van der Waals surface area contributed by atoms with Crippen LogP contribution in [0.5, 0.6) is 5.75 Å². The van der Waals surface area contributed by atoms with Gasteiger partial charge in [-0.1, -0.05) is 65.7 Å². The topological polar surface area (TPSA) is 41.6 Å². The van der Waals surface area contributed by atoms with Gasteiger partial charge in [0.05, 0.1) is 5.02 Å². The van der Waals surface area contributed by atoms with Gasteiger partial charge in [-0.15, -0.1) is 0 Å². The molecule has 6 heteroatoms. The lowest BCUT2D eigenvalue weighted by molar-refractivity contribution is -0.154. The van der Waals surface area contributed by atoms with Crippen molar-refractivity contribution in [3.8, 4) is 5.75 Å². The van der Waals surface area contributed by atoms with Crippen molar-refractivity contribution in [2.24, 2.45) is 5.92 Å². The van der Waals surface area contributed by atoms with E-state index in [1.165, 1.54) is 16.3 Å². The van der Waals surface area contributed by atoms with Gasteiger partial charge < -0.3 is 10.1 Å². The summed E-state index contributed by atoms with van der Waals surface area (Å²) in [4.78, 5) is 15.1. The Labute approximate surface area is 197 Å². The number of hydrogen-bond acceptors (Lipinski definition) is 3. The van der Waals surface area contributed by atoms with Gasteiger partial charge in [-0.2, -0.15) is 0 Å². The van der Waals surface area contributed by atoms with E-state index in [1.807, 2.05) is 6.07 Å². The fraction of sp³-hybridized carbons (Fsp3) is 0.346. The summed E-state index contributed by atoms with van der Waals surface area (Å²) in [5.74, 6) is 0.871. The fourth-order valence-electron chi connectivity index (χ4n) is 6.01. The smallest absolute Gasteiger partial charge is 0.223 e. The summed E-state index contributed by atoms with van der Waals surface area (Å²) in [7, 11) is 0. The van der Waals surface area contributed by atoms with E-state index >= 15 is 0 Å². The highest BCUT2D eigenvalue weighted by Gasteiger charge is 2.57. The van der Waals surface area contributed by atoms with Gasteiger partial charge in [-0.25, -0.2) is 0 Å². The standard InChI is InChI=1S/C26H24Cl2N2O2/c1-15(18-8-4-6-16-5-2-3-7-19(16)18)30-10-9-26-22(14-30)20(13-24(31)29-26)21-11-17(27)12-23(28)25(21)32-26/h2-8,11-12,15,20,22H,9-10,13-14H2,1H3,(H,29,31)/t15?,20-,22+,26+/m0/s1. The molecule has 164 valence electrons. The molecule has 2 fully saturated rings. The molecule has 0 aliphatic carbocycles. The quantitative estimate of drug-likeness (QED) is 0.509. The van der Waals surface area contributed by atoms with Crippen LogP contribution in [0.4, 0.5) is 0 Å². The van der Waals surface area contributed by atoms with E-state index in [1.54, 1.807) is 6.07 Å². The lowest BCUT2D eigenvalue weighted by atomic mass is 9.69. The van der Waals surface area contributed by atoms with Crippen molar-refractivity contribution in [2.75, 3.05) is 13.1 Å². The first-order valence-electron chi connectivity index (χ1n) is 11.2. The molecular formula is C26H24Cl2N2O2.